The highest BCUT2D eigenvalue weighted by molar-refractivity contribution is 9.10. The Hall–Kier alpha value is -1.36. The van der Waals surface area contributed by atoms with Crippen LogP contribution in [0.15, 0.2) is 53.0 Å². The third kappa shape index (κ3) is 3.80. The van der Waals surface area contributed by atoms with Crippen molar-refractivity contribution in [1.29, 1.82) is 0 Å². The highest BCUT2D eigenvalue weighted by Crippen LogP contribution is 2.27. The first-order valence-corrected chi connectivity index (χ1v) is 6.84. The number of benzene rings is 2. The Bertz CT molecular complexity index is 531. The maximum absolute atomic E-state index is 10.0. The molecule has 0 heterocycles. The number of aliphatic hydroxyl groups is 1. The average molecular weight is 322 g/mol. The zero-order valence-electron chi connectivity index (χ0n) is 10.4. The van der Waals surface area contributed by atoms with Crippen LogP contribution in [0, 0.1) is 0 Å². The highest BCUT2D eigenvalue weighted by atomic mass is 79.9. The largest absolute Gasteiger partial charge is 0.489 e. The number of hydrogen-bond donors (Lipinski definition) is 2. The summed E-state index contributed by atoms with van der Waals surface area (Å²) in [7, 11) is 0. The first kappa shape index (κ1) is 14.1. The Morgan fingerprint density at radius 1 is 1.16 bits per heavy atom. The van der Waals surface area contributed by atoms with E-state index < -0.39 is 6.10 Å². The van der Waals surface area contributed by atoms with Gasteiger partial charge in [-0.1, -0.05) is 36.4 Å². The van der Waals surface area contributed by atoms with Gasteiger partial charge in [0.1, 0.15) is 18.5 Å². The molecule has 0 spiro atoms. The molecule has 0 amide bonds. The molecule has 0 aromatic heterocycles. The van der Waals surface area contributed by atoms with Gasteiger partial charge in [-0.2, -0.15) is 0 Å². The second-order valence-electron chi connectivity index (χ2n) is 4.21. The Labute approximate surface area is 121 Å². The van der Waals surface area contributed by atoms with Crippen molar-refractivity contribution >= 4 is 15.9 Å². The first-order valence-electron chi connectivity index (χ1n) is 6.05. The Balaban J connectivity index is 1.99. The van der Waals surface area contributed by atoms with Gasteiger partial charge in [0.15, 0.2) is 0 Å². The van der Waals surface area contributed by atoms with Gasteiger partial charge in [0, 0.05) is 6.54 Å². The SMILES string of the molecule is NCc1ccc(OCC(O)c2ccccc2)c(Br)c1. The molecule has 3 N–H and O–H groups in total. The number of rotatable bonds is 5. The molecule has 3 nitrogen and oxygen atoms in total. The van der Waals surface area contributed by atoms with Gasteiger partial charge >= 0.3 is 0 Å². The van der Waals surface area contributed by atoms with Gasteiger partial charge < -0.3 is 15.6 Å². The van der Waals surface area contributed by atoms with E-state index in [4.69, 9.17) is 10.5 Å². The molecule has 4 heteroatoms. The van der Waals surface area contributed by atoms with Gasteiger partial charge in [-0.05, 0) is 39.2 Å². The van der Waals surface area contributed by atoms with E-state index in [1.54, 1.807) is 0 Å². The van der Waals surface area contributed by atoms with Crippen LogP contribution in [-0.4, -0.2) is 11.7 Å². The zero-order valence-corrected chi connectivity index (χ0v) is 12.0. The van der Waals surface area contributed by atoms with Crippen molar-refractivity contribution in [1.82, 2.24) is 0 Å². The zero-order chi connectivity index (χ0) is 13.7. The van der Waals surface area contributed by atoms with Crippen molar-refractivity contribution in [3.63, 3.8) is 0 Å². The van der Waals surface area contributed by atoms with Crippen LogP contribution in [0.4, 0.5) is 0 Å². The van der Waals surface area contributed by atoms with E-state index in [0.29, 0.717) is 12.3 Å². The summed E-state index contributed by atoms with van der Waals surface area (Å²) in [6.07, 6.45) is -0.637. The van der Waals surface area contributed by atoms with Crippen LogP contribution in [0.1, 0.15) is 17.2 Å². The lowest BCUT2D eigenvalue weighted by Gasteiger charge is -2.14. The van der Waals surface area contributed by atoms with Gasteiger partial charge in [0.05, 0.1) is 4.47 Å². The molecule has 0 radical (unpaired) electrons. The number of hydrogen-bond acceptors (Lipinski definition) is 3. The molecule has 2 aromatic rings. The fraction of sp³-hybridized carbons (Fsp3) is 0.200. The fourth-order valence-corrected chi connectivity index (χ4v) is 2.27. The first-order chi connectivity index (χ1) is 9.20. The molecule has 1 unspecified atom stereocenters. The van der Waals surface area contributed by atoms with Crippen molar-refractivity contribution in [3.8, 4) is 5.75 Å². The lowest BCUT2D eigenvalue weighted by molar-refractivity contribution is 0.108. The van der Waals surface area contributed by atoms with Crippen LogP contribution in [0.5, 0.6) is 5.75 Å². The molecule has 0 saturated carbocycles. The van der Waals surface area contributed by atoms with Crippen molar-refractivity contribution in [2.45, 2.75) is 12.6 Å². The van der Waals surface area contributed by atoms with Crippen LogP contribution in [0.3, 0.4) is 0 Å². The number of ether oxygens (including phenoxy) is 1. The van der Waals surface area contributed by atoms with E-state index in [2.05, 4.69) is 15.9 Å². The molecule has 0 saturated heterocycles. The van der Waals surface area contributed by atoms with Crippen molar-refractivity contribution < 1.29 is 9.84 Å². The van der Waals surface area contributed by atoms with Gasteiger partial charge in [0.2, 0.25) is 0 Å². The minimum absolute atomic E-state index is 0.213. The monoisotopic (exact) mass is 321 g/mol. The summed E-state index contributed by atoms with van der Waals surface area (Å²) >= 11 is 3.43. The normalized spacial score (nSPS) is 12.2. The molecule has 2 rings (SSSR count). The van der Waals surface area contributed by atoms with E-state index in [1.165, 1.54) is 0 Å². The third-order valence-corrected chi connectivity index (χ3v) is 3.43. The van der Waals surface area contributed by atoms with Crippen molar-refractivity contribution in [3.05, 3.63) is 64.1 Å². The second kappa shape index (κ2) is 6.70. The average Bonchev–Trinajstić information content (AvgIpc) is 2.46. The molecule has 2 aromatic carbocycles. The number of aliphatic hydroxyl groups excluding tert-OH is 1. The summed E-state index contributed by atoms with van der Waals surface area (Å²) in [5.74, 6) is 0.701. The maximum atomic E-state index is 10.0. The van der Waals surface area contributed by atoms with Gasteiger partial charge in [-0.3, -0.25) is 0 Å². The van der Waals surface area contributed by atoms with E-state index in [-0.39, 0.29) is 6.61 Å². The standard InChI is InChI=1S/C15H16BrNO2/c16-13-8-11(9-17)6-7-15(13)19-10-14(18)12-4-2-1-3-5-12/h1-8,14,18H,9-10,17H2. The molecular formula is C15H16BrNO2. The molecule has 0 aliphatic carbocycles. The Kier molecular flexibility index (Phi) is 4.96. The molecule has 1 atom stereocenters. The molecular weight excluding hydrogens is 306 g/mol. The van der Waals surface area contributed by atoms with E-state index >= 15 is 0 Å². The molecule has 0 bridgehead atoms. The predicted octanol–water partition coefficient (Wildman–Crippen LogP) is 3.02. The third-order valence-electron chi connectivity index (χ3n) is 2.81. The van der Waals surface area contributed by atoms with E-state index in [9.17, 15) is 5.11 Å². The number of halogens is 1. The Morgan fingerprint density at radius 3 is 2.53 bits per heavy atom. The second-order valence-corrected chi connectivity index (χ2v) is 5.06. The predicted molar refractivity (Wildman–Crippen MR) is 78.9 cm³/mol. The summed E-state index contributed by atoms with van der Waals surface area (Å²) in [4.78, 5) is 0. The van der Waals surface area contributed by atoms with Gasteiger partial charge in [-0.25, -0.2) is 0 Å². The van der Waals surface area contributed by atoms with Gasteiger partial charge in [0.25, 0.3) is 0 Å². The minimum Gasteiger partial charge on any atom is -0.489 e. The van der Waals surface area contributed by atoms with Crippen LogP contribution in [-0.2, 0) is 6.54 Å². The van der Waals surface area contributed by atoms with Crippen LogP contribution < -0.4 is 10.5 Å². The molecule has 0 fully saturated rings. The van der Waals surface area contributed by atoms with Crippen LogP contribution in [0.25, 0.3) is 0 Å². The lowest BCUT2D eigenvalue weighted by Crippen LogP contribution is -2.10. The highest BCUT2D eigenvalue weighted by Gasteiger charge is 2.09. The molecule has 19 heavy (non-hydrogen) atoms. The van der Waals surface area contributed by atoms with Gasteiger partial charge in [-0.15, -0.1) is 0 Å². The quantitative estimate of drug-likeness (QED) is 0.890. The summed E-state index contributed by atoms with van der Waals surface area (Å²) in [5.41, 5.74) is 7.44. The van der Waals surface area contributed by atoms with Crippen molar-refractivity contribution in [2.24, 2.45) is 5.73 Å². The summed E-state index contributed by atoms with van der Waals surface area (Å²) in [6, 6.07) is 15.1. The van der Waals surface area contributed by atoms with Crippen molar-refractivity contribution in [2.75, 3.05) is 6.61 Å². The molecule has 0 aliphatic heterocycles. The fourth-order valence-electron chi connectivity index (χ4n) is 1.73. The molecule has 0 aliphatic rings. The summed E-state index contributed by atoms with van der Waals surface area (Å²) in [6.45, 7) is 0.704. The minimum atomic E-state index is -0.637. The van der Waals surface area contributed by atoms with Crippen LogP contribution in [0.2, 0.25) is 0 Å². The number of nitrogens with two attached hydrogens (primary N) is 1. The smallest absolute Gasteiger partial charge is 0.133 e. The summed E-state index contributed by atoms with van der Waals surface area (Å²) < 4.78 is 6.46. The topological polar surface area (TPSA) is 55.5 Å². The summed E-state index contributed by atoms with van der Waals surface area (Å²) in [5, 5.41) is 10.0. The van der Waals surface area contributed by atoms with E-state index in [0.717, 1.165) is 15.6 Å². The molecule has 100 valence electrons. The lowest BCUT2D eigenvalue weighted by atomic mass is 10.1. The van der Waals surface area contributed by atoms with E-state index in [1.807, 2.05) is 48.5 Å². The Morgan fingerprint density at radius 2 is 1.89 bits per heavy atom. The van der Waals surface area contributed by atoms with Crippen LogP contribution >= 0.6 is 15.9 Å². The maximum Gasteiger partial charge on any atom is 0.133 e.